The molecule has 4 atom stereocenters. The van der Waals surface area contributed by atoms with Gasteiger partial charge < -0.3 is 19.0 Å². The first-order valence-electron chi connectivity index (χ1n) is 10.6. The van der Waals surface area contributed by atoms with Gasteiger partial charge in [-0.05, 0) is 62.2 Å². The number of aliphatic hydroxyl groups excluding tert-OH is 1. The van der Waals surface area contributed by atoms with Crippen molar-refractivity contribution in [3.05, 3.63) is 23.8 Å². The molecule has 0 aromatic carbocycles. The molecule has 0 aromatic rings. The summed E-state index contributed by atoms with van der Waals surface area (Å²) in [4.78, 5) is 0. The maximum Gasteiger partial charge on any atom is 0.192 e. The highest BCUT2D eigenvalue weighted by atomic mass is 28.4. The fourth-order valence-corrected chi connectivity index (χ4v) is 4.53. The Hall–Kier alpha value is -0.903. The molecular formula is C24H42O4Si. The maximum atomic E-state index is 10.6. The summed E-state index contributed by atoms with van der Waals surface area (Å²) < 4.78 is 17.2. The SMILES string of the molecule is C=C(C)[C@@H]1CC=C(C)[C@H](OCOC)[C@H]1CC(O)C#CCCO[Si](C)(C)C(C)(C)C. The van der Waals surface area contributed by atoms with Crippen molar-refractivity contribution in [2.75, 3.05) is 20.5 Å². The van der Waals surface area contributed by atoms with Crippen LogP contribution in [0.4, 0.5) is 0 Å². The van der Waals surface area contributed by atoms with Gasteiger partial charge in [0.05, 0.1) is 6.10 Å². The molecule has 1 N–H and O–H groups in total. The smallest absolute Gasteiger partial charge is 0.192 e. The highest BCUT2D eigenvalue weighted by Crippen LogP contribution is 2.39. The van der Waals surface area contributed by atoms with E-state index in [9.17, 15) is 5.11 Å². The molecule has 0 saturated heterocycles. The van der Waals surface area contributed by atoms with Gasteiger partial charge in [0.2, 0.25) is 0 Å². The van der Waals surface area contributed by atoms with E-state index in [4.69, 9.17) is 13.9 Å². The van der Waals surface area contributed by atoms with Crippen molar-refractivity contribution < 1.29 is 19.0 Å². The van der Waals surface area contributed by atoms with Crippen molar-refractivity contribution in [2.24, 2.45) is 11.8 Å². The molecule has 29 heavy (non-hydrogen) atoms. The minimum atomic E-state index is -1.74. The van der Waals surface area contributed by atoms with Crippen LogP contribution in [0.2, 0.25) is 18.1 Å². The quantitative estimate of drug-likeness (QED) is 0.180. The summed E-state index contributed by atoms with van der Waals surface area (Å²) in [6.45, 7) is 20.3. The second-order valence-corrected chi connectivity index (χ2v) is 14.5. The lowest BCUT2D eigenvalue weighted by atomic mass is 9.72. The van der Waals surface area contributed by atoms with E-state index in [1.54, 1.807) is 7.11 Å². The summed E-state index contributed by atoms with van der Waals surface area (Å²) in [5.74, 6) is 6.53. The van der Waals surface area contributed by atoms with E-state index in [0.717, 1.165) is 12.0 Å². The maximum absolute atomic E-state index is 10.6. The Morgan fingerprint density at radius 2 is 2.03 bits per heavy atom. The second kappa shape index (κ2) is 11.5. The predicted octanol–water partition coefficient (Wildman–Crippen LogP) is 5.30. The number of methoxy groups -OCH3 is 1. The molecule has 166 valence electrons. The Bertz CT molecular complexity index is 621. The number of allylic oxidation sites excluding steroid dienone is 2. The molecule has 0 aromatic heterocycles. The van der Waals surface area contributed by atoms with Gasteiger partial charge in [0, 0.05) is 20.1 Å². The van der Waals surface area contributed by atoms with Crippen molar-refractivity contribution in [3.8, 4) is 11.8 Å². The van der Waals surface area contributed by atoms with Crippen LogP contribution >= 0.6 is 0 Å². The Morgan fingerprint density at radius 3 is 2.59 bits per heavy atom. The Morgan fingerprint density at radius 1 is 1.38 bits per heavy atom. The van der Waals surface area contributed by atoms with Gasteiger partial charge in [-0.25, -0.2) is 0 Å². The lowest BCUT2D eigenvalue weighted by Crippen LogP contribution is -2.40. The monoisotopic (exact) mass is 422 g/mol. The average molecular weight is 423 g/mol. The minimum Gasteiger partial charge on any atom is -0.416 e. The first-order valence-corrected chi connectivity index (χ1v) is 13.5. The van der Waals surface area contributed by atoms with Crippen LogP contribution in [-0.2, 0) is 13.9 Å². The lowest BCUT2D eigenvalue weighted by Gasteiger charge is -2.38. The van der Waals surface area contributed by atoms with E-state index in [2.05, 4.69) is 72.2 Å². The molecule has 1 unspecified atom stereocenters. The van der Waals surface area contributed by atoms with Gasteiger partial charge in [-0.15, -0.1) is 0 Å². The number of hydrogen-bond acceptors (Lipinski definition) is 4. The number of hydrogen-bond donors (Lipinski definition) is 1. The molecule has 1 rings (SSSR count). The van der Waals surface area contributed by atoms with Crippen LogP contribution < -0.4 is 0 Å². The third-order valence-electron chi connectivity index (χ3n) is 6.31. The fraction of sp³-hybridized carbons (Fsp3) is 0.750. The standard InChI is InChI=1S/C24H42O4Si/c1-18(2)21-14-13-19(3)23(27-17-26-7)22(21)16-20(25)12-10-11-15-28-29(8,9)24(4,5)6/h13,20-23,25H,1,11,14-17H2,2-9H3/t20?,21-,22-,23-/m0/s1. The number of aliphatic hydroxyl groups is 1. The Kier molecular flexibility index (Phi) is 10.3. The van der Waals surface area contributed by atoms with Gasteiger partial charge in [-0.1, -0.05) is 50.8 Å². The molecule has 4 nitrogen and oxygen atoms in total. The van der Waals surface area contributed by atoms with E-state index in [1.807, 2.05) is 0 Å². The molecule has 0 radical (unpaired) electrons. The molecule has 0 saturated carbocycles. The lowest BCUT2D eigenvalue weighted by molar-refractivity contribution is -0.0901. The van der Waals surface area contributed by atoms with Crippen molar-refractivity contribution in [3.63, 3.8) is 0 Å². The van der Waals surface area contributed by atoms with Crippen molar-refractivity contribution >= 4 is 8.32 Å². The topological polar surface area (TPSA) is 47.9 Å². The van der Waals surface area contributed by atoms with Gasteiger partial charge in [0.15, 0.2) is 8.32 Å². The van der Waals surface area contributed by atoms with Crippen molar-refractivity contribution in [2.45, 2.75) is 84.2 Å². The molecule has 0 amide bonds. The summed E-state index contributed by atoms with van der Waals surface area (Å²) >= 11 is 0. The molecular weight excluding hydrogens is 380 g/mol. The minimum absolute atomic E-state index is 0.0798. The second-order valence-electron chi connectivity index (χ2n) is 9.73. The molecule has 0 fully saturated rings. The first-order chi connectivity index (χ1) is 13.4. The third kappa shape index (κ3) is 8.03. The Labute approximate surface area is 179 Å². The molecule has 1 aliphatic rings. The summed E-state index contributed by atoms with van der Waals surface area (Å²) in [5.41, 5.74) is 2.31. The van der Waals surface area contributed by atoms with Crippen LogP contribution in [0.1, 0.15) is 53.9 Å². The van der Waals surface area contributed by atoms with Crippen LogP contribution in [0.3, 0.4) is 0 Å². The predicted molar refractivity (Wildman–Crippen MR) is 123 cm³/mol. The van der Waals surface area contributed by atoms with E-state index in [0.29, 0.717) is 19.4 Å². The van der Waals surface area contributed by atoms with Gasteiger partial charge in [0.25, 0.3) is 0 Å². The van der Waals surface area contributed by atoms with Crippen molar-refractivity contribution in [1.82, 2.24) is 0 Å². The highest BCUT2D eigenvalue weighted by Gasteiger charge is 2.37. The first kappa shape index (κ1) is 26.1. The normalized spacial score (nSPS) is 23.8. The molecule has 0 spiro atoms. The van der Waals surface area contributed by atoms with Crippen LogP contribution in [0.15, 0.2) is 23.8 Å². The fourth-order valence-electron chi connectivity index (χ4n) is 3.48. The van der Waals surface area contributed by atoms with E-state index < -0.39 is 14.4 Å². The van der Waals surface area contributed by atoms with Crippen LogP contribution in [0.25, 0.3) is 0 Å². The van der Waals surface area contributed by atoms with Crippen LogP contribution in [-0.4, -0.2) is 46.1 Å². The summed E-state index contributed by atoms with van der Waals surface area (Å²) in [6, 6.07) is 0. The zero-order valence-corrected chi connectivity index (χ0v) is 20.8. The van der Waals surface area contributed by atoms with Crippen LogP contribution in [0, 0.1) is 23.7 Å². The molecule has 0 heterocycles. The van der Waals surface area contributed by atoms with E-state index in [-0.39, 0.29) is 29.8 Å². The zero-order valence-electron chi connectivity index (χ0n) is 19.8. The highest BCUT2D eigenvalue weighted by molar-refractivity contribution is 6.74. The molecule has 0 bridgehead atoms. The zero-order chi connectivity index (χ0) is 22.2. The van der Waals surface area contributed by atoms with Gasteiger partial charge in [-0.2, -0.15) is 0 Å². The van der Waals surface area contributed by atoms with E-state index in [1.165, 1.54) is 5.57 Å². The summed E-state index contributed by atoms with van der Waals surface area (Å²) in [6.07, 6.45) is 3.58. The largest absolute Gasteiger partial charge is 0.416 e. The summed E-state index contributed by atoms with van der Waals surface area (Å²) in [5, 5.41) is 10.8. The molecule has 0 aliphatic heterocycles. The number of rotatable bonds is 9. The third-order valence-corrected chi connectivity index (χ3v) is 10.8. The van der Waals surface area contributed by atoms with Crippen LogP contribution in [0.5, 0.6) is 0 Å². The number of ether oxygens (including phenoxy) is 2. The average Bonchev–Trinajstić information content (AvgIpc) is 2.59. The summed E-state index contributed by atoms with van der Waals surface area (Å²) in [7, 11) is -0.119. The van der Waals surface area contributed by atoms with Gasteiger partial charge >= 0.3 is 0 Å². The molecule has 5 heteroatoms. The van der Waals surface area contributed by atoms with Gasteiger partial charge in [-0.3, -0.25) is 0 Å². The Balaban J connectivity index is 2.70. The van der Waals surface area contributed by atoms with E-state index >= 15 is 0 Å². The van der Waals surface area contributed by atoms with Crippen molar-refractivity contribution in [1.29, 1.82) is 0 Å². The molecule has 1 aliphatic carbocycles. The van der Waals surface area contributed by atoms with Gasteiger partial charge in [0.1, 0.15) is 12.9 Å².